The highest BCUT2D eigenvalue weighted by atomic mass is 35.7. The fourth-order valence-corrected chi connectivity index (χ4v) is 7.90. The summed E-state index contributed by atoms with van der Waals surface area (Å²) in [6.07, 6.45) is 12.2. The molecule has 0 aliphatic carbocycles. The molecule has 322 valence electrons. The van der Waals surface area contributed by atoms with E-state index in [1.807, 2.05) is 0 Å². The smallest absolute Gasteiger partial charge is 0.222 e. The molecule has 0 fully saturated rings. The molecule has 0 radical (unpaired) electrons. The van der Waals surface area contributed by atoms with Gasteiger partial charge in [0.25, 0.3) is 0 Å². The van der Waals surface area contributed by atoms with Crippen LogP contribution in [0, 0.1) is 34.3 Å². The normalized spacial score (nSPS) is 11.7. The highest BCUT2D eigenvalue weighted by Crippen LogP contribution is 2.36. The van der Waals surface area contributed by atoms with Gasteiger partial charge in [0, 0.05) is 24.3 Å². The van der Waals surface area contributed by atoms with Crippen molar-refractivity contribution in [3.8, 4) is 22.6 Å². The first-order valence-corrected chi connectivity index (χ1v) is 23.0. The van der Waals surface area contributed by atoms with E-state index in [2.05, 4.69) is 147 Å². The van der Waals surface area contributed by atoms with Crippen LogP contribution in [0.5, 0.6) is 0 Å². The largest absolute Gasteiger partial charge is 0.361 e. The minimum Gasteiger partial charge on any atom is -0.222 e. The topological polar surface area (TPSA) is 207 Å². The van der Waals surface area contributed by atoms with Crippen LogP contribution in [-0.4, -0.2) is 0 Å². The molecule has 0 N–H and O–H groups in total. The molecule has 2 heterocycles. The molecule has 0 atom stereocenters. The van der Waals surface area contributed by atoms with E-state index in [1.165, 1.54) is 106 Å². The first-order chi connectivity index (χ1) is 29.6. The Balaban J connectivity index is 0.000000578. The van der Waals surface area contributed by atoms with Gasteiger partial charge in [0.2, 0.25) is 0 Å². The Labute approximate surface area is 365 Å². The average molecular weight is 880 g/mol. The lowest BCUT2D eigenvalue weighted by Gasteiger charge is -2.17. The molecule has 0 aliphatic heterocycles. The van der Waals surface area contributed by atoms with Crippen LogP contribution in [0.1, 0.15) is 73.6 Å². The second kappa shape index (κ2) is 21.3. The monoisotopic (exact) mass is 878 g/mol. The maximum atomic E-state index is 8.49. The van der Waals surface area contributed by atoms with E-state index in [0.29, 0.717) is 0 Å². The van der Waals surface area contributed by atoms with Crippen LogP contribution in [0.2, 0.25) is 0 Å². The van der Waals surface area contributed by atoms with Gasteiger partial charge in [0.05, 0.1) is 21.9 Å². The van der Waals surface area contributed by atoms with Crippen LogP contribution >= 0.6 is 0 Å². The van der Waals surface area contributed by atoms with Gasteiger partial charge in [-0.2, -0.15) is 0 Å². The van der Waals surface area contributed by atoms with Crippen LogP contribution in [0.15, 0.2) is 142 Å². The number of rotatable bonds is 13. The molecule has 62 heavy (non-hydrogen) atoms. The number of fused-ring (bicyclic) bond motifs is 6. The van der Waals surface area contributed by atoms with Crippen LogP contribution in [0.4, 0.5) is 0 Å². The lowest BCUT2D eigenvalue weighted by atomic mass is 9.95. The summed E-state index contributed by atoms with van der Waals surface area (Å²) >= 11 is 0. The van der Waals surface area contributed by atoms with Gasteiger partial charge in [0.1, 0.15) is 0 Å². The SMILES string of the molecule is Cc1ccc(-c2cc(CCCCCCCCCCc3cc(-c4ccc(C)cc4)[o+]c4ccc5ccccc5c34)c3c(ccc4ccccc43)[o+]2)cc1.[O-][Cl+3]([O-])([O-])[O-].[O-][Cl+3]([O-])([O-])[O-]. The molecule has 12 heteroatoms. The predicted octanol–water partition coefficient (Wildman–Crippen LogP) is 5.39. The summed E-state index contributed by atoms with van der Waals surface area (Å²) < 4.78 is 81.0. The van der Waals surface area contributed by atoms with Gasteiger partial charge >= 0.3 is 22.7 Å². The molecular formula is C50H48Cl2O10. The molecule has 0 aliphatic rings. The van der Waals surface area contributed by atoms with E-state index >= 15 is 0 Å². The Hall–Kier alpha value is -5.08. The minimum absolute atomic E-state index is 0.954. The minimum atomic E-state index is -4.94. The quantitative estimate of drug-likeness (QED) is 0.0820. The zero-order chi connectivity index (χ0) is 44.3. The maximum absolute atomic E-state index is 8.49. The Morgan fingerprint density at radius 3 is 1.06 bits per heavy atom. The van der Waals surface area contributed by atoms with Crippen LogP contribution in [0.3, 0.4) is 0 Å². The van der Waals surface area contributed by atoms with Gasteiger partial charge in [0.15, 0.2) is 0 Å². The molecule has 0 amide bonds. The molecule has 0 bridgehead atoms. The van der Waals surface area contributed by atoms with E-state index in [1.54, 1.807) is 0 Å². The summed E-state index contributed by atoms with van der Waals surface area (Å²) in [5.41, 5.74) is 9.54. The number of halogens is 2. The van der Waals surface area contributed by atoms with E-state index in [9.17, 15) is 0 Å². The zero-order valence-corrected chi connectivity index (χ0v) is 36.1. The highest BCUT2D eigenvalue weighted by molar-refractivity contribution is 6.08. The first kappa shape index (κ1) is 46.4. The van der Waals surface area contributed by atoms with Gasteiger partial charge in [-0.3, -0.25) is 0 Å². The van der Waals surface area contributed by atoms with Crippen molar-refractivity contribution < 1.29 is 66.6 Å². The highest BCUT2D eigenvalue weighted by Gasteiger charge is 2.22. The Morgan fingerprint density at radius 2 is 0.710 bits per heavy atom. The van der Waals surface area contributed by atoms with E-state index in [0.717, 1.165) is 46.7 Å². The van der Waals surface area contributed by atoms with Crippen molar-refractivity contribution in [1.29, 1.82) is 0 Å². The molecule has 8 rings (SSSR count). The predicted molar refractivity (Wildman–Crippen MR) is 221 cm³/mol. The lowest BCUT2D eigenvalue weighted by Crippen LogP contribution is -2.68. The fourth-order valence-electron chi connectivity index (χ4n) is 7.90. The molecular weight excluding hydrogens is 831 g/mol. The lowest BCUT2D eigenvalue weighted by molar-refractivity contribution is -2.00. The number of aryl methyl sites for hydroxylation is 4. The van der Waals surface area contributed by atoms with Crippen molar-refractivity contribution in [2.75, 3.05) is 0 Å². The van der Waals surface area contributed by atoms with Crippen molar-refractivity contribution >= 4 is 43.5 Å². The molecule has 2 aromatic heterocycles. The number of hydrogen-bond donors (Lipinski definition) is 0. The Morgan fingerprint density at radius 1 is 0.387 bits per heavy atom. The van der Waals surface area contributed by atoms with Crippen LogP contribution < -0.4 is 37.3 Å². The third-order valence-electron chi connectivity index (χ3n) is 10.8. The van der Waals surface area contributed by atoms with Crippen molar-refractivity contribution in [2.24, 2.45) is 0 Å². The van der Waals surface area contributed by atoms with Gasteiger partial charge in [-0.25, -0.2) is 46.1 Å². The molecule has 0 saturated carbocycles. The Kier molecular flexibility index (Phi) is 16.0. The van der Waals surface area contributed by atoms with Gasteiger partial charge in [-0.1, -0.05) is 122 Å². The summed E-state index contributed by atoms with van der Waals surface area (Å²) in [5, 5.41) is 7.65. The Bertz CT molecular complexity index is 2510. The average Bonchev–Trinajstić information content (AvgIpc) is 3.23. The summed E-state index contributed by atoms with van der Waals surface area (Å²) in [7, 11) is -9.89. The van der Waals surface area contributed by atoms with Crippen LogP contribution in [0.25, 0.3) is 66.1 Å². The summed E-state index contributed by atoms with van der Waals surface area (Å²) in [6, 6.07) is 48.0. The fraction of sp³-hybridized carbons (Fsp3) is 0.240. The van der Waals surface area contributed by atoms with Crippen molar-refractivity contribution in [2.45, 2.75) is 78.1 Å². The van der Waals surface area contributed by atoms with Crippen molar-refractivity contribution in [1.82, 2.24) is 0 Å². The standard InChI is InChI=1S/C50H48O2.2ClHO4/c1-35-21-25-39(26-22-35)47-33-41(49-43-19-13-11-15-37(43)29-31-45(49)51-47)17-9-7-5-3-4-6-8-10-18-42-34-48(40-27-23-36(2)24-28-40)52-46-32-30-38-16-12-14-20-44(38)50(42)46;2*2-1(3,4)5/h11-16,19-34H,3-10,17-18H2,1-2H3;2*(H,2,3,4,5)/q+2;;/p-2. The van der Waals surface area contributed by atoms with Crippen molar-refractivity contribution in [3.63, 3.8) is 0 Å². The van der Waals surface area contributed by atoms with Gasteiger partial charge < -0.3 is 0 Å². The van der Waals surface area contributed by atoms with Gasteiger partial charge in [-0.05, 0) is 109 Å². The molecule has 0 unspecified atom stereocenters. The molecule has 0 saturated heterocycles. The molecule has 6 aromatic carbocycles. The molecule has 10 nitrogen and oxygen atoms in total. The summed E-state index contributed by atoms with van der Waals surface area (Å²) in [6.45, 7) is 4.26. The summed E-state index contributed by atoms with van der Waals surface area (Å²) in [5.74, 6) is 1.91. The first-order valence-electron chi connectivity index (χ1n) is 20.5. The van der Waals surface area contributed by atoms with E-state index < -0.39 is 20.5 Å². The third kappa shape index (κ3) is 13.7. The van der Waals surface area contributed by atoms with Crippen molar-refractivity contribution in [3.05, 3.63) is 156 Å². The van der Waals surface area contributed by atoms with E-state index in [4.69, 9.17) is 46.1 Å². The number of hydrogen-bond acceptors (Lipinski definition) is 8. The van der Waals surface area contributed by atoms with Crippen LogP contribution in [-0.2, 0) is 12.8 Å². The second-order valence-electron chi connectivity index (χ2n) is 15.4. The third-order valence-corrected chi connectivity index (χ3v) is 10.8. The number of unbranched alkanes of at least 4 members (excludes halogenated alkanes) is 7. The second-order valence-corrected chi connectivity index (χ2v) is 16.9. The summed E-state index contributed by atoms with van der Waals surface area (Å²) in [4.78, 5) is 0. The van der Waals surface area contributed by atoms with E-state index in [-0.39, 0.29) is 0 Å². The van der Waals surface area contributed by atoms with Gasteiger partial charge in [-0.15, -0.1) is 20.5 Å². The maximum Gasteiger partial charge on any atom is 0.361 e. The molecule has 8 aromatic rings. The zero-order valence-electron chi connectivity index (χ0n) is 34.6. The molecule has 0 spiro atoms. The number of benzene rings is 6.